The third-order valence-corrected chi connectivity index (χ3v) is 1.25. The molecule has 0 aromatic rings. The summed E-state index contributed by atoms with van der Waals surface area (Å²) in [7, 11) is -4.67. The third kappa shape index (κ3) is 29.2. The molecule has 0 heterocycles. The molecule has 2 N–H and O–H groups in total. The molecule has 0 aromatic carbocycles. The minimum Gasteiger partial charge on any atom is -0.342 e. The maximum Gasteiger partial charge on any atom is 1.00 e. The first-order chi connectivity index (χ1) is 6.85. The summed E-state index contributed by atoms with van der Waals surface area (Å²) in [6.45, 7) is 14.0. The van der Waals surface area contributed by atoms with Crippen LogP contribution in [0.25, 0.3) is 0 Å². The molecule has 0 aliphatic heterocycles. The summed E-state index contributed by atoms with van der Waals surface area (Å²) in [5.74, 6) is 0. The van der Waals surface area contributed by atoms with E-state index in [1.807, 2.05) is 12.2 Å². The Morgan fingerprint density at radius 3 is 1.69 bits per heavy atom. The van der Waals surface area contributed by atoms with Gasteiger partial charge in [-0.2, -0.15) is 14.8 Å². The van der Waals surface area contributed by atoms with Crippen LogP contribution in [0.4, 0.5) is 0 Å². The zero-order valence-electron chi connectivity index (χ0n) is 9.67. The number of nitrogens with zero attached hydrogens (tertiary/aromatic N) is 1. The van der Waals surface area contributed by atoms with Crippen molar-refractivity contribution in [2.24, 2.45) is 0 Å². The van der Waals surface area contributed by atoms with Crippen LogP contribution < -0.4 is 29.6 Å². The number of rotatable bonds is 6. The van der Waals surface area contributed by atoms with Crippen molar-refractivity contribution in [3.05, 3.63) is 32.2 Å². The molecule has 0 aliphatic carbocycles. The summed E-state index contributed by atoms with van der Waals surface area (Å²) >= 11 is 0. The standard InChI is InChI=1S/C9H16N.Na.H2O4S/c1-4-7-10(8-5-2)9-6-3;;1-5(2,3)4/h4-5H,1-3,6-9H2;;(H2,1,2,3,4)/q-1;+1;. The van der Waals surface area contributed by atoms with E-state index in [4.69, 9.17) is 17.5 Å². The molecule has 0 unspecified atom stereocenters. The second-order valence-corrected chi connectivity index (χ2v) is 3.53. The SMILES string of the molecule is C=CCN(CC=C)CC[CH2-].O=S(=O)(O)O.[Na+]. The van der Waals surface area contributed by atoms with Gasteiger partial charge in [-0.25, -0.2) is 0 Å². The molecule has 0 radical (unpaired) electrons. The summed E-state index contributed by atoms with van der Waals surface area (Å²) in [4.78, 5) is 2.24. The largest absolute Gasteiger partial charge is 1.00 e. The average Bonchev–Trinajstić information content (AvgIpc) is 2.02. The van der Waals surface area contributed by atoms with E-state index in [1.54, 1.807) is 0 Å². The van der Waals surface area contributed by atoms with Crippen molar-refractivity contribution in [2.75, 3.05) is 19.6 Å². The van der Waals surface area contributed by atoms with E-state index in [-0.39, 0.29) is 29.6 Å². The van der Waals surface area contributed by atoms with Crippen molar-refractivity contribution in [3.8, 4) is 0 Å². The van der Waals surface area contributed by atoms with Crippen LogP contribution in [0.3, 0.4) is 0 Å². The van der Waals surface area contributed by atoms with Crippen molar-refractivity contribution in [1.82, 2.24) is 4.90 Å². The Morgan fingerprint density at radius 2 is 1.50 bits per heavy atom. The molecular weight excluding hydrogens is 241 g/mol. The summed E-state index contributed by atoms with van der Waals surface area (Å²) < 4.78 is 31.6. The first-order valence-electron chi connectivity index (χ1n) is 4.28. The van der Waals surface area contributed by atoms with E-state index in [9.17, 15) is 0 Å². The van der Waals surface area contributed by atoms with Gasteiger partial charge in [0.15, 0.2) is 0 Å². The number of hydrogen-bond donors (Lipinski definition) is 2. The molecule has 0 saturated heterocycles. The molecule has 0 rings (SSSR count). The van der Waals surface area contributed by atoms with Gasteiger partial charge in [-0.1, -0.05) is 12.2 Å². The van der Waals surface area contributed by atoms with Gasteiger partial charge in [-0.3, -0.25) is 14.0 Å². The number of hydrogen-bond acceptors (Lipinski definition) is 3. The van der Waals surface area contributed by atoms with Gasteiger partial charge in [0.05, 0.1) is 0 Å². The molecule has 5 nitrogen and oxygen atoms in total. The molecule has 16 heavy (non-hydrogen) atoms. The Kier molecular flexibility index (Phi) is 18.0. The monoisotopic (exact) mass is 259 g/mol. The first kappa shape index (κ1) is 21.6. The van der Waals surface area contributed by atoms with Crippen molar-refractivity contribution < 1.29 is 47.1 Å². The van der Waals surface area contributed by atoms with Gasteiger partial charge < -0.3 is 6.92 Å². The maximum absolute atomic E-state index is 8.74. The van der Waals surface area contributed by atoms with E-state index in [0.717, 1.165) is 26.1 Å². The fourth-order valence-corrected chi connectivity index (χ4v) is 0.846. The predicted octanol–water partition coefficient (Wildman–Crippen LogP) is -1.76. The van der Waals surface area contributed by atoms with Gasteiger partial charge in [0.25, 0.3) is 0 Å². The van der Waals surface area contributed by atoms with Gasteiger partial charge in [-0.15, -0.1) is 13.2 Å². The van der Waals surface area contributed by atoms with E-state index in [2.05, 4.69) is 25.0 Å². The summed E-state index contributed by atoms with van der Waals surface area (Å²) in [5.41, 5.74) is 0. The van der Waals surface area contributed by atoms with E-state index in [0.29, 0.717) is 0 Å². The summed E-state index contributed by atoms with van der Waals surface area (Å²) in [6.07, 6.45) is 4.75. The molecule has 0 spiro atoms. The third-order valence-electron chi connectivity index (χ3n) is 1.25. The first-order valence-corrected chi connectivity index (χ1v) is 5.68. The van der Waals surface area contributed by atoms with Crippen LogP contribution in [-0.4, -0.2) is 42.1 Å². The maximum atomic E-state index is 8.74. The molecule has 90 valence electrons. The van der Waals surface area contributed by atoms with E-state index < -0.39 is 10.4 Å². The molecule has 0 fully saturated rings. The second kappa shape index (κ2) is 13.4. The Hall–Kier alpha value is 0.310. The smallest absolute Gasteiger partial charge is 0.342 e. The van der Waals surface area contributed by atoms with Gasteiger partial charge in [-0.05, 0) is 6.54 Å². The fourth-order valence-electron chi connectivity index (χ4n) is 0.846. The van der Waals surface area contributed by atoms with Crippen LogP contribution in [0.2, 0.25) is 0 Å². The topological polar surface area (TPSA) is 77.8 Å². The zero-order chi connectivity index (χ0) is 12.3. The van der Waals surface area contributed by atoms with Crippen molar-refractivity contribution in [1.29, 1.82) is 0 Å². The molecule has 0 saturated carbocycles. The average molecular weight is 259 g/mol. The Balaban J connectivity index is -0.000000242. The van der Waals surface area contributed by atoms with Crippen LogP contribution >= 0.6 is 0 Å². The van der Waals surface area contributed by atoms with Crippen molar-refractivity contribution >= 4 is 10.4 Å². The summed E-state index contributed by atoms with van der Waals surface area (Å²) in [5, 5.41) is 0. The van der Waals surface area contributed by atoms with Crippen LogP contribution in [-0.2, 0) is 10.4 Å². The van der Waals surface area contributed by atoms with Crippen LogP contribution in [0.5, 0.6) is 0 Å². The van der Waals surface area contributed by atoms with Gasteiger partial charge >= 0.3 is 40.0 Å². The molecule has 0 aliphatic rings. The molecule has 7 heteroatoms. The molecule has 0 bridgehead atoms. The predicted molar refractivity (Wildman–Crippen MR) is 61.0 cm³/mol. The normalized spacial score (nSPS) is 9.75. The Morgan fingerprint density at radius 1 is 1.19 bits per heavy atom. The fraction of sp³-hybridized carbons (Fsp3) is 0.444. The minimum absolute atomic E-state index is 0. The van der Waals surface area contributed by atoms with Crippen LogP contribution in [0.15, 0.2) is 25.3 Å². The Bertz CT molecular complexity index is 249. The molecular formula is C9H18NNaO4S. The van der Waals surface area contributed by atoms with Crippen molar-refractivity contribution in [2.45, 2.75) is 6.42 Å². The van der Waals surface area contributed by atoms with Crippen molar-refractivity contribution in [3.63, 3.8) is 0 Å². The van der Waals surface area contributed by atoms with Gasteiger partial charge in [0.2, 0.25) is 0 Å². The van der Waals surface area contributed by atoms with Crippen LogP contribution in [0, 0.1) is 6.92 Å². The minimum atomic E-state index is -4.67. The molecule has 0 aromatic heterocycles. The van der Waals surface area contributed by atoms with Gasteiger partial charge in [0, 0.05) is 13.1 Å². The van der Waals surface area contributed by atoms with Gasteiger partial charge in [0.1, 0.15) is 0 Å². The Labute approximate surface area is 120 Å². The quantitative estimate of drug-likeness (QED) is 0.256. The molecule has 0 atom stereocenters. The molecule has 0 amide bonds. The summed E-state index contributed by atoms with van der Waals surface area (Å²) in [6, 6.07) is 0. The van der Waals surface area contributed by atoms with E-state index in [1.165, 1.54) is 0 Å². The van der Waals surface area contributed by atoms with Crippen LogP contribution in [0.1, 0.15) is 6.42 Å². The van der Waals surface area contributed by atoms with E-state index >= 15 is 0 Å². The second-order valence-electron chi connectivity index (χ2n) is 2.64. The zero-order valence-corrected chi connectivity index (χ0v) is 12.5.